The first kappa shape index (κ1) is 20.5. The van der Waals surface area contributed by atoms with Crippen LogP contribution >= 0.6 is 0 Å². The van der Waals surface area contributed by atoms with E-state index < -0.39 is 0 Å². The lowest BCUT2D eigenvalue weighted by Gasteiger charge is -2.12. The Morgan fingerprint density at radius 1 is 0.931 bits per heavy atom. The molecule has 0 saturated heterocycles. The fourth-order valence-corrected chi connectivity index (χ4v) is 3.51. The van der Waals surface area contributed by atoms with Crippen molar-refractivity contribution in [1.29, 1.82) is 0 Å². The Balaban J connectivity index is 1.62. The molecule has 6 heteroatoms. The fraction of sp³-hybridized carbons (Fsp3) is 0.304. The zero-order valence-electron chi connectivity index (χ0n) is 17.6. The smallest absolute Gasteiger partial charge is 0.270 e. The predicted octanol–water partition coefficient (Wildman–Crippen LogP) is 4.19. The van der Waals surface area contributed by atoms with Crippen LogP contribution in [0.25, 0.3) is 0 Å². The number of hydrogen-bond acceptors (Lipinski definition) is 3. The van der Waals surface area contributed by atoms with Gasteiger partial charge in [-0.1, -0.05) is 0 Å². The summed E-state index contributed by atoms with van der Waals surface area (Å²) >= 11 is 0. The van der Waals surface area contributed by atoms with Crippen LogP contribution in [0.15, 0.2) is 42.5 Å². The number of aromatic nitrogens is 2. The van der Waals surface area contributed by atoms with Crippen molar-refractivity contribution in [2.75, 3.05) is 12.0 Å². The number of carbonyl (C=O) groups excluding carboxylic acids is 2. The number of ketones is 1. The molecule has 0 spiro atoms. The number of amides is 1. The molecule has 0 radical (unpaired) electrons. The molecule has 3 rings (SSSR count). The molecule has 29 heavy (non-hydrogen) atoms. The number of ether oxygens (including phenoxy) is 1. The van der Waals surface area contributed by atoms with Gasteiger partial charge >= 0.3 is 0 Å². The third-order valence-electron chi connectivity index (χ3n) is 5.16. The van der Waals surface area contributed by atoms with Gasteiger partial charge in [-0.3, -0.25) is 19.7 Å². The number of nitrogens with zero attached hydrogens (tertiary/aromatic N) is 2. The largest absolute Gasteiger partial charge is 0.485 e. The van der Waals surface area contributed by atoms with Gasteiger partial charge in [0.1, 0.15) is 5.75 Å². The normalized spacial score (nSPS) is 10.8. The highest BCUT2D eigenvalue weighted by Crippen LogP contribution is 2.17. The molecule has 2 aromatic heterocycles. The first-order valence-corrected chi connectivity index (χ1v) is 9.71. The Bertz CT molecular complexity index is 1020. The van der Waals surface area contributed by atoms with Crippen LogP contribution in [0.2, 0.25) is 0 Å². The highest BCUT2D eigenvalue weighted by Gasteiger charge is 2.16. The number of carbonyl (C=O) groups is 2. The SMILES string of the molecule is CCn1c(C)cc(C(=O)COc2ccc(C(=O)Nn3c(C)ccc3C)cc2)c1C. The number of aryl methyl sites for hydroxylation is 3. The van der Waals surface area contributed by atoms with E-state index in [1.54, 1.807) is 28.9 Å². The standard InChI is InChI=1S/C23H27N3O3/c1-6-25-17(4)13-21(18(25)5)22(27)14-29-20-11-9-19(10-12-20)23(28)24-26-15(2)7-8-16(26)3/h7-13H,6,14H2,1-5H3,(H,24,28). The van der Waals surface area contributed by atoms with E-state index in [9.17, 15) is 9.59 Å². The second kappa shape index (κ2) is 8.39. The minimum atomic E-state index is -0.206. The Morgan fingerprint density at radius 3 is 2.10 bits per heavy atom. The molecular formula is C23H27N3O3. The molecule has 1 aromatic carbocycles. The lowest BCUT2D eigenvalue weighted by molar-refractivity contribution is 0.0919. The van der Waals surface area contributed by atoms with Gasteiger partial charge in [-0.15, -0.1) is 0 Å². The molecule has 0 unspecified atom stereocenters. The van der Waals surface area contributed by atoms with Gasteiger partial charge in [0.25, 0.3) is 5.91 Å². The summed E-state index contributed by atoms with van der Waals surface area (Å²) in [7, 11) is 0. The third kappa shape index (κ3) is 4.26. The Morgan fingerprint density at radius 2 is 1.55 bits per heavy atom. The summed E-state index contributed by atoms with van der Waals surface area (Å²) in [6.45, 7) is 10.7. The van der Waals surface area contributed by atoms with E-state index in [1.165, 1.54) is 0 Å². The Labute approximate surface area is 171 Å². The highest BCUT2D eigenvalue weighted by atomic mass is 16.5. The van der Waals surface area contributed by atoms with Crippen LogP contribution in [0.3, 0.4) is 0 Å². The van der Waals surface area contributed by atoms with Crippen molar-refractivity contribution in [3.05, 3.63) is 76.4 Å². The van der Waals surface area contributed by atoms with Crippen molar-refractivity contribution in [3.8, 4) is 5.75 Å². The third-order valence-corrected chi connectivity index (χ3v) is 5.16. The number of hydrogen-bond donors (Lipinski definition) is 1. The lowest BCUT2D eigenvalue weighted by atomic mass is 10.1. The van der Waals surface area contributed by atoms with Crippen LogP contribution in [0.5, 0.6) is 5.75 Å². The minimum absolute atomic E-state index is 0.0404. The van der Waals surface area contributed by atoms with E-state index >= 15 is 0 Å². The summed E-state index contributed by atoms with van der Waals surface area (Å²) in [4.78, 5) is 25.0. The molecule has 1 amide bonds. The van der Waals surface area contributed by atoms with Crippen molar-refractivity contribution in [2.45, 2.75) is 41.2 Å². The molecule has 152 valence electrons. The van der Waals surface area contributed by atoms with Crippen molar-refractivity contribution in [1.82, 2.24) is 9.24 Å². The van der Waals surface area contributed by atoms with Crippen LogP contribution in [0, 0.1) is 27.7 Å². The minimum Gasteiger partial charge on any atom is -0.485 e. The molecule has 2 heterocycles. The van der Waals surface area contributed by atoms with Crippen LogP contribution < -0.4 is 10.2 Å². The maximum Gasteiger partial charge on any atom is 0.270 e. The van der Waals surface area contributed by atoms with E-state index in [0.717, 1.165) is 29.3 Å². The number of rotatable bonds is 7. The van der Waals surface area contributed by atoms with Crippen LogP contribution in [-0.4, -0.2) is 27.5 Å². The van der Waals surface area contributed by atoms with E-state index in [4.69, 9.17) is 4.74 Å². The van der Waals surface area contributed by atoms with E-state index in [0.29, 0.717) is 16.9 Å². The highest BCUT2D eigenvalue weighted by molar-refractivity contribution is 6.00. The number of benzene rings is 1. The zero-order valence-corrected chi connectivity index (χ0v) is 17.6. The molecule has 3 aromatic rings. The zero-order chi connectivity index (χ0) is 21.1. The second-order valence-corrected chi connectivity index (χ2v) is 7.16. The van der Waals surface area contributed by atoms with Gasteiger partial charge in [0, 0.05) is 40.4 Å². The summed E-state index contributed by atoms with van der Waals surface area (Å²) in [6, 6.07) is 12.6. The Kier molecular flexibility index (Phi) is 5.92. The molecule has 0 aliphatic carbocycles. The Hall–Kier alpha value is -3.28. The lowest BCUT2D eigenvalue weighted by Crippen LogP contribution is -2.24. The van der Waals surface area contributed by atoms with Gasteiger partial charge in [-0.2, -0.15) is 0 Å². The van der Waals surface area contributed by atoms with Gasteiger partial charge in [-0.25, -0.2) is 0 Å². The predicted molar refractivity (Wildman–Crippen MR) is 113 cm³/mol. The fourth-order valence-electron chi connectivity index (χ4n) is 3.51. The van der Waals surface area contributed by atoms with Crippen LogP contribution in [-0.2, 0) is 6.54 Å². The summed E-state index contributed by atoms with van der Waals surface area (Å²) < 4.78 is 9.50. The molecule has 0 saturated carbocycles. The first-order valence-electron chi connectivity index (χ1n) is 9.71. The summed E-state index contributed by atoms with van der Waals surface area (Å²) in [5, 5.41) is 0. The van der Waals surface area contributed by atoms with Crippen molar-refractivity contribution >= 4 is 11.7 Å². The van der Waals surface area contributed by atoms with Gasteiger partial charge in [-0.05, 0) is 77.1 Å². The topological polar surface area (TPSA) is 65.3 Å². The summed E-state index contributed by atoms with van der Waals surface area (Å²) in [5.74, 6) is 0.285. The molecule has 0 aliphatic heterocycles. The molecule has 1 N–H and O–H groups in total. The van der Waals surface area contributed by atoms with Gasteiger partial charge in [0.05, 0.1) is 0 Å². The van der Waals surface area contributed by atoms with Crippen LogP contribution in [0.4, 0.5) is 0 Å². The van der Waals surface area contributed by atoms with E-state index in [1.807, 2.05) is 45.9 Å². The number of Topliss-reactive ketones (excluding diaryl/α,β-unsaturated/α-hetero) is 1. The van der Waals surface area contributed by atoms with E-state index in [2.05, 4.69) is 16.9 Å². The molecule has 0 bridgehead atoms. The van der Waals surface area contributed by atoms with E-state index in [-0.39, 0.29) is 18.3 Å². The number of nitrogens with one attached hydrogen (secondary N) is 1. The molecule has 6 nitrogen and oxygen atoms in total. The summed E-state index contributed by atoms with van der Waals surface area (Å²) in [6.07, 6.45) is 0. The summed E-state index contributed by atoms with van der Waals surface area (Å²) in [5.41, 5.74) is 8.01. The van der Waals surface area contributed by atoms with Gasteiger partial charge in [0.2, 0.25) is 5.78 Å². The van der Waals surface area contributed by atoms with Gasteiger partial charge in [0.15, 0.2) is 6.61 Å². The molecule has 0 fully saturated rings. The molecule has 0 aliphatic rings. The average Bonchev–Trinajstić information content (AvgIpc) is 3.18. The maximum absolute atomic E-state index is 12.5. The average molecular weight is 393 g/mol. The molecule has 0 atom stereocenters. The monoisotopic (exact) mass is 393 g/mol. The molecular weight excluding hydrogens is 366 g/mol. The van der Waals surface area contributed by atoms with Crippen molar-refractivity contribution in [3.63, 3.8) is 0 Å². The van der Waals surface area contributed by atoms with Gasteiger partial charge < -0.3 is 9.30 Å². The van der Waals surface area contributed by atoms with Crippen LogP contribution in [0.1, 0.15) is 50.4 Å². The van der Waals surface area contributed by atoms with Crippen molar-refractivity contribution in [2.24, 2.45) is 0 Å². The van der Waals surface area contributed by atoms with Crippen molar-refractivity contribution < 1.29 is 14.3 Å². The quantitative estimate of drug-likeness (QED) is 0.612. The first-order chi connectivity index (χ1) is 13.8. The second-order valence-electron chi connectivity index (χ2n) is 7.16. The maximum atomic E-state index is 12.5.